The van der Waals surface area contributed by atoms with Gasteiger partial charge < -0.3 is 10.5 Å². The average molecular weight is 183 g/mol. The topological polar surface area (TPSA) is 35.2 Å². The van der Waals surface area contributed by atoms with E-state index in [1.165, 1.54) is 0 Å². The van der Waals surface area contributed by atoms with Crippen LogP contribution in [0.5, 0.6) is 5.75 Å². The molecule has 72 valence electrons. The molecule has 3 heteroatoms. The Bertz CT molecular complexity index is 288. The second-order valence-corrected chi connectivity index (χ2v) is 2.93. The lowest BCUT2D eigenvalue weighted by atomic mass is 10.0. The minimum Gasteiger partial charge on any atom is -0.497 e. The molecular weight excluding hydrogens is 169 g/mol. The molecule has 13 heavy (non-hydrogen) atoms. The number of hydrogen-bond donors (Lipinski definition) is 1. The minimum atomic E-state index is -1.08. The van der Waals surface area contributed by atoms with E-state index in [0.29, 0.717) is 5.56 Å². The molecule has 0 fully saturated rings. The number of aryl methyl sites for hydroxylation is 1. The zero-order valence-electron chi connectivity index (χ0n) is 7.88. The predicted molar refractivity (Wildman–Crippen MR) is 50.6 cm³/mol. The van der Waals surface area contributed by atoms with Gasteiger partial charge in [0.05, 0.1) is 7.11 Å². The first-order valence-electron chi connectivity index (χ1n) is 4.17. The summed E-state index contributed by atoms with van der Waals surface area (Å²) in [6, 6.07) is 5.26. The molecule has 0 saturated heterocycles. The Hall–Kier alpha value is -1.09. The van der Waals surface area contributed by atoms with Gasteiger partial charge in [0.15, 0.2) is 0 Å². The molecule has 0 radical (unpaired) electrons. The fourth-order valence-corrected chi connectivity index (χ4v) is 1.25. The van der Waals surface area contributed by atoms with Crippen LogP contribution in [0.25, 0.3) is 0 Å². The summed E-state index contributed by atoms with van der Waals surface area (Å²) in [6.07, 6.45) is -1.08. The van der Waals surface area contributed by atoms with E-state index in [1.54, 1.807) is 25.3 Å². The number of halogens is 1. The van der Waals surface area contributed by atoms with Crippen LogP contribution in [0.2, 0.25) is 0 Å². The van der Waals surface area contributed by atoms with Crippen molar-refractivity contribution in [2.45, 2.75) is 13.1 Å². The summed E-state index contributed by atoms with van der Waals surface area (Å²) >= 11 is 0. The van der Waals surface area contributed by atoms with E-state index >= 15 is 0 Å². The normalized spacial score (nSPS) is 12.6. The van der Waals surface area contributed by atoms with E-state index in [4.69, 9.17) is 10.5 Å². The average Bonchev–Trinajstić information content (AvgIpc) is 2.16. The third-order valence-corrected chi connectivity index (χ3v) is 2.02. The number of hydrogen-bond acceptors (Lipinski definition) is 2. The molecule has 0 amide bonds. The van der Waals surface area contributed by atoms with Gasteiger partial charge in [0.25, 0.3) is 0 Å². The van der Waals surface area contributed by atoms with Crippen LogP contribution in [0, 0.1) is 6.92 Å². The van der Waals surface area contributed by atoms with Crippen LogP contribution in [-0.2, 0) is 0 Å². The van der Waals surface area contributed by atoms with Crippen molar-refractivity contribution in [3.8, 4) is 5.75 Å². The highest BCUT2D eigenvalue weighted by Gasteiger charge is 2.10. The molecular formula is C10H14FNO. The Kier molecular flexibility index (Phi) is 3.25. The Labute approximate surface area is 77.5 Å². The van der Waals surface area contributed by atoms with E-state index in [0.717, 1.165) is 11.3 Å². The fraction of sp³-hybridized carbons (Fsp3) is 0.400. The van der Waals surface area contributed by atoms with Crippen molar-refractivity contribution < 1.29 is 9.13 Å². The first kappa shape index (κ1) is 9.99. The highest BCUT2D eigenvalue weighted by molar-refractivity contribution is 5.36. The smallest absolute Gasteiger partial charge is 0.138 e. The Morgan fingerprint density at radius 3 is 2.69 bits per heavy atom. The second-order valence-electron chi connectivity index (χ2n) is 2.93. The van der Waals surface area contributed by atoms with Crippen LogP contribution >= 0.6 is 0 Å². The number of ether oxygens (including phenoxy) is 1. The van der Waals surface area contributed by atoms with E-state index in [2.05, 4.69) is 0 Å². The predicted octanol–water partition coefficient (Wildman–Crippen LogP) is 1.97. The lowest BCUT2D eigenvalue weighted by Gasteiger charge is -2.10. The summed E-state index contributed by atoms with van der Waals surface area (Å²) in [6.45, 7) is 1.87. The van der Waals surface area contributed by atoms with Crippen LogP contribution in [0.4, 0.5) is 4.39 Å². The molecule has 0 spiro atoms. The molecule has 0 bridgehead atoms. The highest BCUT2D eigenvalue weighted by Crippen LogP contribution is 2.23. The molecule has 1 aromatic rings. The molecule has 1 aromatic carbocycles. The van der Waals surface area contributed by atoms with Gasteiger partial charge in [0, 0.05) is 6.54 Å². The van der Waals surface area contributed by atoms with Crippen LogP contribution < -0.4 is 10.5 Å². The minimum absolute atomic E-state index is 0.0210. The van der Waals surface area contributed by atoms with Gasteiger partial charge in [-0.2, -0.15) is 0 Å². The van der Waals surface area contributed by atoms with Crippen LogP contribution in [-0.4, -0.2) is 13.7 Å². The summed E-state index contributed by atoms with van der Waals surface area (Å²) in [4.78, 5) is 0. The van der Waals surface area contributed by atoms with Crippen molar-refractivity contribution in [2.75, 3.05) is 13.7 Å². The van der Waals surface area contributed by atoms with Gasteiger partial charge in [0.1, 0.15) is 11.9 Å². The van der Waals surface area contributed by atoms with Crippen molar-refractivity contribution in [2.24, 2.45) is 5.73 Å². The van der Waals surface area contributed by atoms with Gasteiger partial charge in [-0.1, -0.05) is 6.07 Å². The van der Waals surface area contributed by atoms with Crippen molar-refractivity contribution in [3.05, 3.63) is 29.3 Å². The quantitative estimate of drug-likeness (QED) is 0.777. The Balaban J connectivity index is 2.98. The molecule has 2 N–H and O–H groups in total. The maximum atomic E-state index is 13.2. The van der Waals surface area contributed by atoms with E-state index < -0.39 is 6.17 Å². The Morgan fingerprint density at radius 1 is 1.54 bits per heavy atom. The maximum Gasteiger partial charge on any atom is 0.138 e. The molecule has 0 aliphatic carbocycles. The van der Waals surface area contributed by atoms with Crippen molar-refractivity contribution in [3.63, 3.8) is 0 Å². The molecule has 1 atom stereocenters. The van der Waals surface area contributed by atoms with Gasteiger partial charge in [-0.3, -0.25) is 0 Å². The molecule has 0 heterocycles. The van der Waals surface area contributed by atoms with Crippen molar-refractivity contribution >= 4 is 0 Å². The van der Waals surface area contributed by atoms with Crippen LogP contribution in [0.15, 0.2) is 18.2 Å². The van der Waals surface area contributed by atoms with Crippen LogP contribution in [0.3, 0.4) is 0 Å². The fourth-order valence-electron chi connectivity index (χ4n) is 1.25. The van der Waals surface area contributed by atoms with Crippen LogP contribution in [0.1, 0.15) is 17.3 Å². The number of nitrogens with two attached hydrogens (primary N) is 1. The maximum absolute atomic E-state index is 13.2. The van der Waals surface area contributed by atoms with Gasteiger partial charge in [-0.25, -0.2) is 4.39 Å². The van der Waals surface area contributed by atoms with Gasteiger partial charge in [0.2, 0.25) is 0 Å². The molecule has 0 aliphatic rings. The van der Waals surface area contributed by atoms with Crippen molar-refractivity contribution in [1.29, 1.82) is 0 Å². The molecule has 0 aromatic heterocycles. The van der Waals surface area contributed by atoms with E-state index in [1.807, 2.05) is 6.92 Å². The number of methoxy groups -OCH3 is 1. The van der Waals surface area contributed by atoms with Gasteiger partial charge in [-0.05, 0) is 30.2 Å². The summed E-state index contributed by atoms with van der Waals surface area (Å²) in [5.74, 6) is 0.741. The molecule has 0 aliphatic heterocycles. The summed E-state index contributed by atoms with van der Waals surface area (Å²) < 4.78 is 18.2. The standard InChI is InChI=1S/C10H14FNO/c1-7-5-8(13-2)3-4-9(7)10(11)6-12/h3-5,10H,6,12H2,1-2H3. The number of benzene rings is 1. The van der Waals surface area contributed by atoms with Gasteiger partial charge in [-0.15, -0.1) is 0 Å². The SMILES string of the molecule is COc1ccc(C(F)CN)c(C)c1. The second kappa shape index (κ2) is 4.23. The largest absolute Gasteiger partial charge is 0.497 e. The lowest BCUT2D eigenvalue weighted by Crippen LogP contribution is -2.08. The number of rotatable bonds is 3. The molecule has 2 nitrogen and oxygen atoms in total. The Morgan fingerprint density at radius 2 is 2.23 bits per heavy atom. The summed E-state index contributed by atoms with van der Waals surface area (Å²) in [5, 5.41) is 0. The molecule has 1 rings (SSSR count). The summed E-state index contributed by atoms with van der Waals surface area (Å²) in [7, 11) is 1.59. The molecule has 1 unspecified atom stereocenters. The third-order valence-electron chi connectivity index (χ3n) is 2.02. The third kappa shape index (κ3) is 2.18. The van der Waals surface area contributed by atoms with E-state index in [9.17, 15) is 4.39 Å². The first-order valence-corrected chi connectivity index (χ1v) is 4.17. The van der Waals surface area contributed by atoms with Crippen molar-refractivity contribution in [1.82, 2.24) is 0 Å². The first-order chi connectivity index (χ1) is 6.19. The van der Waals surface area contributed by atoms with Gasteiger partial charge >= 0.3 is 0 Å². The highest BCUT2D eigenvalue weighted by atomic mass is 19.1. The van der Waals surface area contributed by atoms with E-state index in [-0.39, 0.29) is 6.54 Å². The lowest BCUT2D eigenvalue weighted by molar-refractivity contribution is 0.350. The molecule has 0 saturated carbocycles. The number of alkyl halides is 1. The zero-order chi connectivity index (χ0) is 9.84. The summed E-state index contributed by atoms with van der Waals surface area (Å²) in [5.41, 5.74) is 6.75. The zero-order valence-corrected chi connectivity index (χ0v) is 7.88. The monoisotopic (exact) mass is 183 g/mol.